The molecule has 21 heavy (non-hydrogen) atoms. The highest BCUT2D eigenvalue weighted by molar-refractivity contribution is 5.40. The van der Waals surface area contributed by atoms with Crippen molar-refractivity contribution in [2.75, 3.05) is 6.54 Å². The van der Waals surface area contributed by atoms with Gasteiger partial charge in [-0.05, 0) is 49.4 Å². The maximum absolute atomic E-state index is 6.08. The topological polar surface area (TPSA) is 35.2 Å². The van der Waals surface area contributed by atoms with E-state index in [2.05, 4.69) is 55.5 Å². The van der Waals surface area contributed by atoms with Crippen molar-refractivity contribution in [3.8, 4) is 5.75 Å². The second kappa shape index (κ2) is 6.31. The van der Waals surface area contributed by atoms with Crippen molar-refractivity contribution >= 4 is 0 Å². The fraction of sp³-hybridized carbons (Fsp3) is 0.368. The lowest BCUT2D eigenvalue weighted by Gasteiger charge is -2.19. The minimum absolute atomic E-state index is 0.277. The van der Waals surface area contributed by atoms with E-state index in [0.717, 1.165) is 25.0 Å². The Bertz CT molecular complexity index is 594. The number of aryl methyl sites for hydroxylation is 1. The zero-order chi connectivity index (χ0) is 14.7. The van der Waals surface area contributed by atoms with Crippen LogP contribution in [-0.4, -0.2) is 12.6 Å². The van der Waals surface area contributed by atoms with Crippen LogP contribution < -0.4 is 10.5 Å². The Morgan fingerprint density at radius 1 is 1.19 bits per heavy atom. The molecule has 110 valence electrons. The summed E-state index contributed by atoms with van der Waals surface area (Å²) >= 11 is 0. The molecule has 2 atom stereocenters. The van der Waals surface area contributed by atoms with Gasteiger partial charge in [-0.3, -0.25) is 0 Å². The zero-order valence-corrected chi connectivity index (χ0v) is 12.6. The molecule has 0 saturated heterocycles. The molecule has 2 nitrogen and oxygen atoms in total. The highest BCUT2D eigenvalue weighted by Gasteiger charge is 2.25. The monoisotopic (exact) mass is 281 g/mol. The molecule has 2 aromatic carbocycles. The highest BCUT2D eigenvalue weighted by atomic mass is 16.5. The van der Waals surface area contributed by atoms with Crippen LogP contribution in [-0.2, 0) is 12.8 Å². The van der Waals surface area contributed by atoms with Gasteiger partial charge in [-0.15, -0.1) is 0 Å². The summed E-state index contributed by atoms with van der Waals surface area (Å²) in [6, 6.07) is 17.0. The molecule has 1 aliphatic heterocycles. The lowest BCUT2D eigenvalue weighted by molar-refractivity contribution is 0.194. The van der Waals surface area contributed by atoms with E-state index in [9.17, 15) is 0 Å². The van der Waals surface area contributed by atoms with Crippen LogP contribution in [0.2, 0.25) is 0 Å². The number of rotatable bonds is 5. The highest BCUT2D eigenvalue weighted by Crippen LogP contribution is 2.32. The van der Waals surface area contributed by atoms with Crippen LogP contribution in [0.3, 0.4) is 0 Å². The van der Waals surface area contributed by atoms with Gasteiger partial charge >= 0.3 is 0 Å². The van der Waals surface area contributed by atoms with E-state index in [1.807, 2.05) is 0 Å². The molecule has 0 spiro atoms. The van der Waals surface area contributed by atoms with Crippen LogP contribution in [0, 0.1) is 12.8 Å². The third-order valence-electron chi connectivity index (χ3n) is 4.25. The van der Waals surface area contributed by atoms with Gasteiger partial charge in [-0.2, -0.15) is 0 Å². The minimum atomic E-state index is 0.277. The molecule has 0 bridgehead atoms. The molecule has 1 aliphatic rings. The Labute approximate surface area is 126 Å². The summed E-state index contributed by atoms with van der Waals surface area (Å²) in [6.07, 6.45) is 3.35. The third kappa shape index (κ3) is 3.45. The van der Waals surface area contributed by atoms with E-state index in [1.165, 1.54) is 16.7 Å². The molecule has 2 heteroatoms. The predicted molar refractivity (Wildman–Crippen MR) is 86.6 cm³/mol. The normalized spacial score (nSPS) is 18.1. The number of hydrogen-bond acceptors (Lipinski definition) is 2. The van der Waals surface area contributed by atoms with Gasteiger partial charge < -0.3 is 10.5 Å². The summed E-state index contributed by atoms with van der Waals surface area (Å²) in [4.78, 5) is 0. The summed E-state index contributed by atoms with van der Waals surface area (Å²) in [6.45, 7) is 2.84. The standard InChI is InChI=1S/C19H23NO/c1-14-7-8-19-17(9-14)12-18(21-19)11-16(13-20)10-15-5-3-2-4-6-15/h2-9,16,18H,10-13,20H2,1H3. The predicted octanol–water partition coefficient (Wildman–Crippen LogP) is 3.51. The van der Waals surface area contributed by atoms with Crippen LogP contribution in [0.4, 0.5) is 0 Å². The molecular formula is C19H23NO. The van der Waals surface area contributed by atoms with E-state index in [1.54, 1.807) is 0 Å². The van der Waals surface area contributed by atoms with E-state index >= 15 is 0 Å². The van der Waals surface area contributed by atoms with E-state index in [4.69, 9.17) is 10.5 Å². The number of nitrogens with two attached hydrogens (primary N) is 1. The molecule has 3 rings (SSSR count). The van der Waals surface area contributed by atoms with Crippen LogP contribution in [0.25, 0.3) is 0 Å². The first kappa shape index (κ1) is 14.2. The first-order chi connectivity index (χ1) is 10.2. The fourth-order valence-corrected chi connectivity index (χ4v) is 3.16. The minimum Gasteiger partial charge on any atom is -0.490 e. The van der Waals surface area contributed by atoms with Crippen LogP contribution >= 0.6 is 0 Å². The second-order valence-electron chi connectivity index (χ2n) is 6.08. The van der Waals surface area contributed by atoms with Gasteiger partial charge in [-0.25, -0.2) is 0 Å². The quantitative estimate of drug-likeness (QED) is 0.910. The molecule has 2 unspecified atom stereocenters. The molecule has 2 N–H and O–H groups in total. The van der Waals surface area contributed by atoms with Crippen molar-refractivity contribution in [1.82, 2.24) is 0 Å². The van der Waals surface area contributed by atoms with Crippen LogP contribution in [0.1, 0.15) is 23.1 Å². The second-order valence-corrected chi connectivity index (χ2v) is 6.08. The van der Waals surface area contributed by atoms with Crippen molar-refractivity contribution in [3.63, 3.8) is 0 Å². The number of fused-ring (bicyclic) bond motifs is 1. The van der Waals surface area contributed by atoms with E-state index < -0.39 is 0 Å². The Kier molecular flexibility index (Phi) is 4.26. The van der Waals surface area contributed by atoms with Gasteiger partial charge in [0, 0.05) is 6.42 Å². The molecule has 0 aromatic heterocycles. The van der Waals surface area contributed by atoms with Crippen molar-refractivity contribution in [1.29, 1.82) is 0 Å². The lowest BCUT2D eigenvalue weighted by Crippen LogP contribution is -2.25. The number of benzene rings is 2. The summed E-state index contributed by atoms with van der Waals surface area (Å²) in [5.41, 5.74) is 9.98. The Balaban J connectivity index is 1.61. The van der Waals surface area contributed by atoms with Crippen molar-refractivity contribution in [2.24, 2.45) is 11.7 Å². The average molecular weight is 281 g/mol. The van der Waals surface area contributed by atoms with E-state index in [0.29, 0.717) is 12.5 Å². The Hall–Kier alpha value is -1.80. The molecular weight excluding hydrogens is 258 g/mol. The van der Waals surface area contributed by atoms with Crippen LogP contribution in [0.5, 0.6) is 5.75 Å². The van der Waals surface area contributed by atoms with Gasteiger partial charge in [0.25, 0.3) is 0 Å². The molecule has 0 saturated carbocycles. The average Bonchev–Trinajstić information content (AvgIpc) is 2.89. The van der Waals surface area contributed by atoms with Crippen molar-refractivity contribution < 1.29 is 4.74 Å². The van der Waals surface area contributed by atoms with Crippen molar-refractivity contribution in [2.45, 2.75) is 32.3 Å². The van der Waals surface area contributed by atoms with Crippen LogP contribution in [0.15, 0.2) is 48.5 Å². The van der Waals surface area contributed by atoms with Gasteiger partial charge in [0.15, 0.2) is 0 Å². The lowest BCUT2D eigenvalue weighted by atomic mass is 9.92. The first-order valence-electron chi connectivity index (χ1n) is 7.75. The smallest absolute Gasteiger partial charge is 0.123 e. The maximum Gasteiger partial charge on any atom is 0.123 e. The Morgan fingerprint density at radius 2 is 2.00 bits per heavy atom. The van der Waals surface area contributed by atoms with E-state index in [-0.39, 0.29) is 6.10 Å². The van der Waals surface area contributed by atoms with Crippen molar-refractivity contribution in [3.05, 3.63) is 65.2 Å². The molecule has 0 aliphatic carbocycles. The summed E-state index contributed by atoms with van der Waals surface area (Å²) in [5.74, 6) is 1.54. The summed E-state index contributed by atoms with van der Waals surface area (Å²) in [7, 11) is 0. The first-order valence-corrected chi connectivity index (χ1v) is 7.75. The fourth-order valence-electron chi connectivity index (χ4n) is 3.16. The SMILES string of the molecule is Cc1ccc2c(c1)CC(CC(CN)Cc1ccccc1)O2. The molecule has 0 amide bonds. The molecule has 1 heterocycles. The number of hydrogen-bond donors (Lipinski definition) is 1. The largest absolute Gasteiger partial charge is 0.490 e. The molecule has 2 aromatic rings. The summed E-state index contributed by atoms with van der Waals surface area (Å²) < 4.78 is 6.08. The summed E-state index contributed by atoms with van der Waals surface area (Å²) in [5, 5.41) is 0. The van der Waals surface area contributed by atoms with Gasteiger partial charge in [0.2, 0.25) is 0 Å². The zero-order valence-electron chi connectivity index (χ0n) is 12.6. The number of ether oxygens (including phenoxy) is 1. The molecule has 0 radical (unpaired) electrons. The Morgan fingerprint density at radius 3 is 2.76 bits per heavy atom. The molecule has 0 fully saturated rings. The third-order valence-corrected chi connectivity index (χ3v) is 4.25. The van der Waals surface area contributed by atoms with Gasteiger partial charge in [0.1, 0.15) is 11.9 Å². The van der Waals surface area contributed by atoms with Gasteiger partial charge in [0.05, 0.1) is 0 Å². The maximum atomic E-state index is 6.08. The van der Waals surface area contributed by atoms with Gasteiger partial charge in [-0.1, -0.05) is 48.0 Å².